The molecule has 120 valence electrons. The zero-order valence-electron chi connectivity index (χ0n) is 11.5. The Bertz CT molecular complexity index is 570. The third-order valence-corrected chi connectivity index (χ3v) is 6.18. The van der Waals surface area contributed by atoms with E-state index in [9.17, 15) is 18.3 Å². The van der Waals surface area contributed by atoms with E-state index in [0.29, 0.717) is 22.8 Å². The average Bonchev–Trinajstić information content (AvgIpc) is 2.98. The summed E-state index contributed by atoms with van der Waals surface area (Å²) >= 11 is 4.67. The van der Waals surface area contributed by atoms with Gasteiger partial charge in [-0.2, -0.15) is 24.9 Å². The first-order chi connectivity index (χ1) is 10.4. The van der Waals surface area contributed by atoms with Crippen molar-refractivity contribution in [2.75, 3.05) is 11.5 Å². The van der Waals surface area contributed by atoms with Gasteiger partial charge in [-0.3, -0.25) is 0 Å². The van der Waals surface area contributed by atoms with Gasteiger partial charge in [-0.25, -0.2) is 0 Å². The second-order valence-corrected chi connectivity index (χ2v) is 7.91. The normalized spacial score (nSPS) is 13.3. The molecule has 1 aromatic carbocycles. The summed E-state index contributed by atoms with van der Waals surface area (Å²) in [5.74, 6) is 1.56. The van der Waals surface area contributed by atoms with Crippen LogP contribution >= 0.6 is 34.9 Å². The average molecular weight is 364 g/mol. The zero-order valence-corrected chi connectivity index (χ0v) is 14.0. The largest absolute Gasteiger partial charge is 0.416 e. The van der Waals surface area contributed by atoms with Gasteiger partial charge >= 0.3 is 6.18 Å². The molecule has 1 heterocycles. The van der Waals surface area contributed by atoms with Crippen molar-refractivity contribution in [3.63, 3.8) is 0 Å². The molecule has 0 aliphatic carbocycles. The summed E-state index contributed by atoms with van der Waals surface area (Å²) in [5.41, 5.74) is -0.00247. The monoisotopic (exact) mass is 364 g/mol. The van der Waals surface area contributed by atoms with Crippen LogP contribution < -0.4 is 0 Å². The highest BCUT2D eigenvalue weighted by Gasteiger charge is 2.30. The number of aliphatic hydroxyl groups is 1. The fourth-order valence-electron chi connectivity index (χ4n) is 1.72. The zero-order chi connectivity index (χ0) is 16.0. The van der Waals surface area contributed by atoms with E-state index in [-0.39, 0.29) is 0 Å². The molecule has 0 aliphatic rings. The Labute approximate surface area is 139 Å². The molecule has 1 nitrogen and oxygen atoms in total. The van der Waals surface area contributed by atoms with E-state index >= 15 is 0 Å². The first-order valence-electron chi connectivity index (χ1n) is 6.53. The van der Waals surface area contributed by atoms with Gasteiger partial charge in [0, 0.05) is 17.3 Å². The van der Waals surface area contributed by atoms with Gasteiger partial charge in [-0.1, -0.05) is 24.3 Å². The molecule has 2 rings (SSSR count). The van der Waals surface area contributed by atoms with Gasteiger partial charge in [0.25, 0.3) is 0 Å². The minimum Gasteiger partial charge on any atom is -0.391 e. The predicted octanol–water partition coefficient (Wildman–Crippen LogP) is 5.15. The lowest BCUT2D eigenvalue weighted by molar-refractivity contribution is -0.137. The van der Waals surface area contributed by atoms with Gasteiger partial charge in [0.2, 0.25) is 0 Å². The molecular formula is C15H15F3OS3. The number of hydrogen-bond acceptors (Lipinski definition) is 4. The molecule has 0 fully saturated rings. The predicted molar refractivity (Wildman–Crippen MR) is 88.7 cm³/mol. The van der Waals surface area contributed by atoms with E-state index in [2.05, 4.69) is 0 Å². The van der Waals surface area contributed by atoms with Gasteiger partial charge in [-0.05, 0) is 23.1 Å². The fraction of sp³-hybridized carbons (Fsp3) is 0.333. The Morgan fingerprint density at radius 1 is 1.14 bits per heavy atom. The first kappa shape index (κ1) is 17.7. The standard InChI is InChI=1S/C15H15F3OS3/c16-15(17,18)12-4-1-3-11(7-12)8-20-9-13(19)10-22-14-5-2-6-21-14/h1-7,13,19H,8-10H2/t13-/m0/s1. The lowest BCUT2D eigenvalue weighted by Gasteiger charge is -2.11. The van der Waals surface area contributed by atoms with Crippen LogP contribution in [0.4, 0.5) is 13.2 Å². The first-order valence-corrected chi connectivity index (χ1v) is 9.55. The number of hydrogen-bond donors (Lipinski definition) is 1. The molecule has 0 bridgehead atoms. The Balaban J connectivity index is 1.74. The van der Waals surface area contributed by atoms with E-state index < -0.39 is 17.8 Å². The van der Waals surface area contributed by atoms with E-state index in [4.69, 9.17) is 0 Å². The van der Waals surface area contributed by atoms with Crippen molar-refractivity contribution in [2.45, 2.75) is 22.2 Å². The number of thiophene rings is 1. The molecule has 1 N–H and O–H groups in total. The Hall–Kier alpha value is -0.630. The van der Waals surface area contributed by atoms with Gasteiger partial charge in [0.1, 0.15) is 0 Å². The Morgan fingerprint density at radius 2 is 1.95 bits per heavy atom. The summed E-state index contributed by atoms with van der Waals surface area (Å²) in [6, 6.07) is 9.29. The molecule has 0 unspecified atom stereocenters. The smallest absolute Gasteiger partial charge is 0.391 e. The molecule has 1 atom stereocenters. The number of alkyl halides is 3. The van der Waals surface area contributed by atoms with Gasteiger partial charge in [-0.15, -0.1) is 23.1 Å². The van der Waals surface area contributed by atoms with Crippen LogP contribution in [0, 0.1) is 0 Å². The SMILES string of the molecule is O[C@@H](CSCc1cccc(C(F)(F)F)c1)CSc1cccs1. The topological polar surface area (TPSA) is 20.2 Å². The molecule has 0 radical (unpaired) electrons. The highest BCUT2D eigenvalue weighted by atomic mass is 32.2. The molecule has 0 spiro atoms. The van der Waals surface area contributed by atoms with E-state index in [1.54, 1.807) is 29.2 Å². The van der Waals surface area contributed by atoms with Crippen LogP contribution in [-0.2, 0) is 11.9 Å². The van der Waals surface area contributed by atoms with Crippen molar-refractivity contribution in [2.24, 2.45) is 0 Å². The van der Waals surface area contributed by atoms with Gasteiger partial charge in [0.15, 0.2) is 0 Å². The third-order valence-electron chi connectivity index (χ3n) is 2.75. The van der Waals surface area contributed by atoms with Gasteiger partial charge in [0.05, 0.1) is 15.9 Å². The van der Waals surface area contributed by atoms with E-state index in [1.165, 1.54) is 23.9 Å². The number of aliphatic hydroxyl groups excluding tert-OH is 1. The maximum atomic E-state index is 12.6. The number of benzene rings is 1. The fourth-order valence-corrected chi connectivity index (χ4v) is 4.54. The van der Waals surface area contributed by atoms with Crippen LogP contribution in [0.1, 0.15) is 11.1 Å². The van der Waals surface area contributed by atoms with Crippen LogP contribution in [0.25, 0.3) is 0 Å². The lowest BCUT2D eigenvalue weighted by Crippen LogP contribution is -2.13. The Morgan fingerprint density at radius 3 is 2.64 bits per heavy atom. The lowest BCUT2D eigenvalue weighted by atomic mass is 10.1. The highest BCUT2D eigenvalue weighted by molar-refractivity contribution is 8.01. The summed E-state index contributed by atoms with van der Waals surface area (Å²) in [4.78, 5) is 0. The van der Waals surface area contributed by atoms with Crippen molar-refractivity contribution in [3.8, 4) is 0 Å². The van der Waals surface area contributed by atoms with Crippen LogP contribution in [-0.4, -0.2) is 22.7 Å². The number of halogens is 3. The molecule has 0 saturated carbocycles. The minimum atomic E-state index is -4.31. The number of rotatable bonds is 7. The summed E-state index contributed by atoms with van der Waals surface area (Å²) in [6.45, 7) is 0. The number of thioether (sulfide) groups is 2. The van der Waals surface area contributed by atoms with Gasteiger partial charge < -0.3 is 5.11 Å². The van der Waals surface area contributed by atoms with Crippen molar-refractivity contribution < 1.29 is 18.3 Å². The van der Waals surface area contributed by atoms with E-state index in [1.807, 2.05) is 17.5 Å². The maximum Gasteiger partial charge on any atom is 0.416 e. The van der Waals surface area contributed by atoms with Crippen molar-refractivity contribution in [1.29, 1.82) is 0 Å². The van der Waals surface area contributed by atoms with Crippen molar-refractivity contribution in [1.82, 2.24) is 0 Å². The minimum absolute atomic E-state index is 0.463. The second-order valence-electron chi connectivity index (χ2n) is 4.61. The second kappa shape index (κ2) is 8.29. The highest BCUT2D eigenvalue weighted by Crippen LogP contribution is 2.30. The molecule has 22 heavy (non-hydrogen) atoms. The quantitative estimate of drug-likeness (QED) is 0.686. The molecule has 0 amide bonds. The van der Waals surface area contributed by atoms with Crippen LogP contribution in [0.15, 0.2) is 46.0 Å². The third kappa shape index (κ3) is 5.87. The van der Waals surface area contributed by atoms with E-state index in [0.717, 1.165) is 10.3 Å². The Kier molecular flexibility index (Phi) is 6.67. The molecule has 0 aliphatic heterocycles. The summed E-state index contributed by atoms with van der Waals surface area (Å²) in [5, 5.41) is 11.9. The summed E-state index contributed by atoms with van der Waals surface area (Å²) in [7, 11) is 0. The summed E-state index contributed by atoms with van der Waals surface area (Å²) in [6.07, 6.45) is -4.78. The molecule has 7 heteroatoms. The van der Waals surface area contributed by atoms with Crippen molar-refractivity contribution in [3.05, 3.63) is 52.9 Å². The molecular weight excluding hydrogens is 349 g/mol. The van der Waals surface area contributed by atoms with Crippen molar-refractivity contribution >= 4 is 34.9 Å². The van der Waals surface area contributed by atoms with Crippen LogP contribution in [0.3, 0.4) is 0 Å². The van der Waals surface area contributed by atoms with Crippen LogP contribution in [0.2, 0.25) is 0 Å². The molecule has 2 aromatic rings. The molecule has 0 saturated heterocycles. The maximum absolute atomic E-state index is 12.6. The van der Waals surface area contributed by atoms with Crippen LogP contribution in [0.5, 0.6) is 0 Å². The summed E-state index contributed by atoms with van der Waals surface area (Å²) < 4.78 is 39.0. The molecule has 1 aromatic heterocycles.